The summed E-state index contributed by atoms with van der Waals surface area (Å²) in [4.78, 5) is 0. The van der Waals surface area contributed by atoms with Crippen molar-refractivity contribution in [2.24, 2.45) is 0 Å². The van der Waals surface area contributed by atoms with Crippen molar-refractivity contribution in [2.75, 3.05) is 0 Å². The van der Waals surface area contributed by atoms with Crippen molar-refractivity contribution in [2.45, 2.75) is 0 Å². The minimum atomic E-state index is 0. The Bertz CT molecular complexity index is 6.00. The molecule has 4 heteroatoms. The van der Waals surface area contributed by atoms with Crippen LogP contribution in [0.2, 0.25) is 0 Å². The molecule has 0 amide bonds. The van der Waals surface area contributed by atoms with E-state index in [9.17, 15) is 0 Å². The van der Waals surface area contributed by atoms with Gasteiger partial charge in [0.05, 0.1) is 0 Å². The van der Waals surface area contributed by atoms with Gasteiger partial charge >= 0.3 is 23.1 Å². The second kappa shape index (κ2) is 31.3. The van der Waals surface area contributed by atoms with Crippen molar-refractivity contribution < 1.29 is 26.5 Å². The Labute approximate surface area is 49.7 Å². The molecule has 0 radical (unpaired) electrons. The Morgan fingerprint density at radius 1 is 0.750 bits per heavy atom. The van der Waals surface area contributed by atoms with Crippen LogP contribution in [-0.4, -0.2) is 23.1 Å². The van der Waals surface area contributed by atoms with E-state index in [1.165, 1.54) is 0 Å². The van der Waals surface area contributed by atoms with Gasteiger partial charge in [-0.05, 0) is 0 Å². The van der Waals surface area contributed by atoms with Gasteiger partial charge in [0.15, 0.2) is 0 Å². The third kappa shape index (κ3) is 11.0. The van der Waals surface area contributed by atoms with Gasteiger partial charge in [-0.3, -0.25) is 9.41 Å². The van der Waals surface area contributed by atoms with Crippen LogP contribution in [0.5, 0.6) is 0 Å². The molecule has 0 N–H and O–H groups in total. The first-order chi connectivity index (χ1) is 0. The summed E-state index contributed by atoms with van der Waals surface area (Å²) in [5.41, 5.74) is 0. The van der Waals surface area contributed by atoms with Crippen LogP contribution >= 0.6 is 0 Å². The van der Waals surface area contributed by atoms with E-state index >= 15 is 0 Å². The molecule has 0 rings (SSSR count). The molecule has 0 atom stereocenters. The van der Waals surface area contributed by atoms with Crippen molar-refractivity contribution in [3.63, 3.8) is 0 Å². The molecule has 0 nitrogen and oxygen atoms in total. The molecule has 0 aliphatic rings. The van der Waals surface area contributed by atoms with Crippen molar-refractivity contribution >= 4 is 23.1 Å². The second-order valence-corrected chi connectivity index (χ2v) is 0. The summed E-state index contributed by atoms with van der Waals surface area (Å²) in [5.74, 6) is 0. The van der Waals surface area contributed by atoms with Gasteiger partial charge in [-0.25, -0.2) is 0 Å². The first-order valence-corrected chi connectivity index (χ1v) is 0. The summed E-state index contributed by atoms with van der Waals surface area (Å²) >= 11 is 0. The third-order valence-electron chi connectivity index (χ3n) is 0. The average Bonchev–Trinajstić information content (AvgIpc) is 0. The molecule has 4 heavy (non-hydrogen) atoms. The fourth-order valence-corrected chi connectivity index (χ4v) is 0. The van der Waals surface area contributed by atoms with Gasteiger partial charge in [0.25, 0.3) is 0 Å². The van der Waals surface area contributed by atoms with Crippen molar-refractivity contribution in [1.82, 2.24) is 0 Å². The van der Waals surface area contributed by atoms with Crippen LogP contribution in [0.25, 0.3) is 0 Å². The van der Waals surface area contributed by atoms with Crippen LogP contribution in [0.4, 0.5) is 9.41 Å². The monoisotopic (exact) mass is 122 g/mol. The van der Waals surface area contributed by atoms with E-state index in [2.05, 4.69) is 0 Å². The summed E-state index contributed by atoms with van der Waals surface area (Å²) in [6, 6.07) is 0. The van der Waals surface area contributed by atoms with Gasteiger partial charge in [-0.2, -0.15) is 0 Å². The summed E-state index contributed by atoms with van der Waals surface area (Å²) in [5, 5.41) is 0. The smallest absolute Gasteiger partial charge is 0.269 e. The fourth-order valence-electron chi connectivity index (χ4n) is 0. The van der Waals surface area contributed by atoms with Gasteiger partial charge in [0, 0.05) is 17.1 Å². The van der Waals surface area contributed by atoms with Crippen LogP contribution in [0.3, 0.4) is 0 Å². The first kappa shape index (κ1) is 67.4. The van der Waals surface area contributed by atoms with Gasteiger partial charge in [0.1, 0.15) is 0 Å². The van der Waals surface area contributed by atoms with E-state index in [1.807, 2.05) is 0 Å². The minimum Gasteiger partial charge on any atom is -0.269 e. The Balaban J connectivity index is 0. The maximum absolute atomic E-state index is 0. The second-order valence-electron chi connectivity index (χ2n) is 0. The van der Waals surface area contributed by atoms with Crippen LogP contribution in [0.1, 0.15) is 0 Å². The quantitative estimate of drug-likeness (QED) is 0.376. The summed E-state index contributed by atoms with van der Waals surface area (Å²) < 4.78 is 0. The third-order valence-corrected chi connectivity index (χ3v) is 0. The molecule has 0 aromatic heterocycles. The summed E-state index contributed by atoms with van der Waals surface area (Å²) in [7, 11) is 0. The number of hydrogen-bond acceptors (Lipinski definition) is 0. The standard InChI is InChI=1S/2FH.Fe.Mg.2H/h2*1H;;;;. The minimum absolute atomic E-state index is 0. The molecule has 0 aliphatic heterocycles. The average molecular weight is 122 g/mol. The van der Waals surface area contributed by atoms with E-state index in [0.29, 0.717) is 0 Å². The molecule has 0 spiro atoms. The largest absolute Gasteiger partial charge is 0.316 e. The van der Waals surface area contributed by atoms with E-state index in [-0.39, 0.29) is 49.5 Å². The van der Waals surface area contributed by atoms with E-state index in [0.717, 1.165) is 0 Å². The number of hydrogen-bond donors (Lipinski definition) is 0. The van der Waals surface area contributed by atoms with Gasteiger partial charge in [-0.1, -0.05) is 0 Å². The molecule has 0 heterocycles. The first-order valence-electron chi connectivity index (χ1n) is 0. The van der Waals surface area contributed by atoms with Gasteiger partial charge in [0.2, 0.25) is 0 Å². The Morgan fingerprint density at radius 2 is 0.750 bits per heavy atom. The Morgan fingerprint density at radius 3 is 0.750 bits per heavy atom. The zero-order chi connectivity index (χ0) is 0. The van der Waals surface area contributed by atoms with Crippen molar-refractivity contribution in [3.05, 3.63) is 0 Å². The van der Waals surface area contributed by atoms with Crippen LogP contribution in [0, 0.1) is 0 Å². The predicted octanol–water partition coefficient (Wildman–Crippen LogP) is -0.614. The number of rotatable bonds is 0. The number of halogens is 2. The molecule has 0 saturated carbocycles. The van der Waals surface area contributed by atoms with E-state index < -0.39 is 0 Å². The Hall–Kier alpha value is 1.15. The van der Waals surface area contributed by atoms with E-state index in [4.69, 9.17) is 0 Å². The molecule has 0 saturated heterocycles. The molecular formula is H4F2FeMg. The molecule has 0 unspecified atom stereocenters. The molecule has 0 aromatic carbocycles. The predicted molar refractivity (Wildman–Crippen MR) is 13.5 cm³/mol. The Kier molecular flexibility index (Phi) is 526. The van der Waals surface area contributed by atoms with Crippen LogP contribution < -0.4 is 0 Å². The molecule has 0 aromatic rings. The maximum atomic E-state index is 0. The molecular weight excluding hydrogens is 118 g/mol. The van der Waals surface area contributed by atoms with Crippen LogP contribution in [-0.2, 0) is 17.1 Å². The fraction of sp³-hybridized carbons (Fsp3) is 0. The molecule has 28 valence electrons. The SMILES string of the molecule is F.F.[Fe].[MgH2]. The molecule has 0 aliphatic carbocycles. The van der Waals surface area contributed by atoms with Crippen molar-refractivity contribution in [3.8, 4) is 0 Å². The van der Waals surface area contributed by atoms with Crippen LogP contribution in [0.15, 0.2) is 0 Å². The maximum Gasteiger partial charge on any atom is 0.316 e. The normalized spacial score (nSPS) is 0. The summed E-state index contributed by atoms with van der Waals surface area (Å²) in [6.45, 7) is 0. The van der Waals surface area contributed by atoms with Gasteiger partial charge in [-0.15, -0.1) is 0 Å². The zero-order valence-corrected chi connectivity index (χ0v) is 2.27. The molecule has 0 bridgehead atoms. The van der Waals surface area contributed by atoms with Crippen molar-refractivity contribution in [1.29, 1.82) is 0 Å². The molecule has 0 fully saturated rings. The van der Waals surface area contributed by atoms with E-state index in [1.54, 1.807) is 0 Å². The van der Waals surface area contributed by atoms with Gasteiger partial charge < -0.3 is 0 Å². The zero-order valence-electron chi connectivity index (χ0n) is 1.17. The summed E-state index contributed by atoms with van der Waals surface area (Å²) in [6.07, 6.45) is 0. The topological polar surface area (TPSA) is 0 Å².